The van der Waals surface area contributed by atoms with Crippen molar-refractivity contribution in [3.8, 4) is 6.07 Å². The summed E-state index contributed by atoms with van der Waals surface area (Å²) in [6.45, 7) is 2.20. The second kappa shape index (κ2) is 5.61. The van der Waals surface area contributed by atoms with Crippen molar-refractivity contribution < 1.29 is 9.18 Å². The van der Waals surface area contributed by atoms with E-state index < -0.39 is 5.82 Å². The zero-order chi connectivity index (χ0) is 12.1. The molecular weight excluding hydrogens is 275 g/mol. The lowest BCUT2D eigenvalue weighted by Crippen LogP contribution is -2.31. The van der Waals surface area contributed by atoms with Gasteiger partial charge in [0.05, 0.1) is 10.5 Å². The Balaban J connectivity index is 2.95. The van der Waals surface area contributed by atoms with Gasteiger partial charge in [-0.25, -0.2) is 4.39 Å². The fraction of sp³-hybridized carbons (Fsp3) is 0.273. The predicted octanol–water partition coefficient (Wildman–Crippen LogP) is 2.57. The number of rotatable bonds is 3. The molecule has 0 aliphatic carbocycles. The van der Waals surface area contributed by atoms with Gasteiger partial charge >= 0.3 is 0 Å². The fourth-order valence-corrected chi connectivity index (χ4v) is 1.47. The summed E-state index contributed by atoms with van der Waals surface area (Å²) in [6.07, 6.45) is 0. The molecule has 16 heavy (non-hydrogen) atoms. The lowest BCUT2D eigenvalue weighted by molar-refractivity contribution is 0.0783. The van der Waals surface area contributed by atoms with Gasteiger partial charge in [-0.3, -0.25) is 4.79 Å². The topological polar surface area (TPSA) is 44.1 Å². The summed E-state index contributed by atoms with van der Waals surface area (Å²) in [6, 6.07) is 6.05. The van der Waals surface area contributed by atoms with E-state index in [0.717, 1.165) is 6.07 Å². The van der Waals surface area contributed by atoms with Crippen molar-refractivity contribution >= 4 is 21.8 Å². The third-order valence-electron chi connectivity index (χ3n) is 2.10. The highest BCUT2D eigenvalue weighted by molar-refractivity contribution is 9.10. The molecule has 0 radical (unpaired) electrons. The maximum Gasteiger partial charge on any atom is 0.254 e. The van der Waals surface area contributed by atoms with Crippen molar-refractivity contribution in [2.45, 2.75) is 6.92 Å². The maximum absolute atomic E-state index is 13.2. The Morgan fingerprint density at radius 1 is 1.62 bits per heavy atom. The molecule has 0 saturated carbocycles. The number of amides is 1. The minimum absolute atomic E-state index is 0.00696. The van der Waals surface area contributed by atoms with Crippen LogP contribution in [0, 0.1) is 17.1 Å². The van der Waals surface area contributed by atoms with Crippen molar-refractivity contribution in [1.29, 1.82) is 5.26 Å². The maximum atomic E-state index is 13.2. The second-order valence-electron chi connectivity index (χ2n) is 3.11. The molecule has 0 heterocycles. The van der Waals surface area contributed by atoms with E-state index >= 15 is 0 Å². The van der Waals surface area contributed by atoms with Crippen LogP contribution in [0.4, 0.5) is 4.39 Å². The number of hydrogen-bond acceptors (Lipinski definition) is 2. The summed E-state index contributed by atoms with van der Waals surface area (Å²) in [5.74, 6) is -0.825. The van der Waals surface area contributed by atoms with Crippen LogP contribution < -0.4 is 0 Å². The van der Waals surface area contributed by atoms with E-state index in [-0.39, 0.29) is 18.0 Å². The van der Waals surface area contributed by atoms with Crippen LogP contribution in [0.5, 0.6) is 0 Å². The largest absolute Gasteiger partial charge is 0.326 e. The number of carbonyl (C=O) groups excluding carboxylic acids is 1. The van der Waals surface area contributed by atoms with E-state index in [0.29, 0.717) is 11.0 Å². The van der Waals surface area contributed by atoms with Gasteiger partial charge in [0.1, 0.15) is 12.4 Å². The quantitative estimate of drug-likeness (QED) is 0.801. The highest BCUT2D eigenvalue weighted by atomic mass is 79.9. The van der Waals surface area contributed by atoms with E-state index in [4.69, 9.17) is 5.26 Å². The Labute approximate surface area is 102 Å². The van der Waals surface area contributed by atoms with Crippen LogP contribution in [-0.4, -0.2) is 23.9 Å². The molecule has 0 aliphatic rings. The van der Waals surface area contributed by atoms with Crippen molar-refractivity contribution in [2.75, 3.05) is 13.1 Å². The SMILES string of the molecule is CCN(CC#N)C(=O)c1ccc(Br)c(F)c1. The third kappa shape index (κ3) is 2.80. The van der Waals surface area contributed by atoms with Crippen LogP contribution in [0.25, 0.3) is 0 Å². The molecule has 0 aliphatic heterocycles. The molecule has 0 N–H and O–H groups in total. The molecule has 1 amide bonds. The van der Waals surface area contributed by atoms with E-state index in [1.807, 2.05) is 6.07 Å². The first-order valence-electron chi connectivity index (χ1n) is 4.71. The van der Waals surface area contributed by atoms with E-state index in [1.165, 1.54) is 17.0 Å². The van der Waals surface area contributed by atoms with E-state index in [9.17, 15) is 9.18 Å². The van der Waals surface area contributed by atoms with E-state index in [1.54, 1.807) is 6.92 Å². The summed E-state index contributed by atoms with van der Waals surface area (Å²) in [7, 11) is 0. The number of halogens is 2. The molecule has 0 atom stereocenters. The highest BCUT2D eigenvalue weighted by Gasteiger charge is 2.14. The molecule has 0 fully saturated rings. The first-order chi connectivity index (χ1) is 7.60. The smallest absolute Gasteiger partial charge is 0.254 e. The van der Waals surface area contributed by atoms with Crippen molar-refractivity contribution in [3.63, 3.8) is 0 Å². The Morgan fingerprint density at radius 2 is 2.31 bits per heavy atom. The molecule has 0 saturated heterocycles. The van der Waals surface area contributed by atoms with Gasteiger partial charge < -0.3 is 4.90 Å². The molecule has 0 spiro atoms. The number of benzene rings is 1. The zero-order valence-corrected chi connectivity index (χ0v) is 10.3. The average molecular weight is 285 g/mol. The number of nitriles is 1. The molecule has 5 heteroatoms. The molecule has 1 aromatic carbocycles. The van der Waals surface area contributed by atoms with Gasteiger partial charge in [-0.1, -0.05) is 0 Å². The summed E-state index contributed by atoms with van der Waals surface area (Å²) < 4.78 is 13.5. The Bertz CT molecular complexity index is 442. The van der Waals surface area contributed by atoms with Gasteiger partial charge in [-0.05, 0) is 41.1 Å². The van der Waals surface area contributed by atoms with Gasteiger partial charge in [0.2, 0.25) is 0 Å². The van der Waals surface area contributed by atoms with Gasteiger partial charge in [-0.15, -0.1) is 0 Å². The first-order valence-corrected chi connectivity index (χ1v) is 5.50. The number of hydrogen-bond donors (Lipinski definition) is 0. The van der Waals surface area contributed by atoms with Gasteiger partial charge in [0, 0.05) is 12.1 Å². The monoisotopic (exact) mass is 284 g/mol. The van der Waals surface area contributed by atoms with Gasteiger partial charge in [-0.2, -0.15) is 5.26 Å². The van der Waals surface area contributed by atoms with Crippen LogP contribution in [0.3, 0.4) is 0 Å². The third-order valence-corrected chi connectivity index (χ3v) is 2.74. The summed E-state index contributed by atoms with van der Waals surface area (Å²) >= 11 is 3.01. The van der Waals surface area contributed by atoms with Crippen LogP contribution in [-0.2, 0) is 0 Å². The number of nitrogens with zero attached hydrogens (tertiary/aromatic N) is 2. The second-order valence-corrected chi connectivity index (χ2v) is 3.96. The van der Waals surface area contributed by atoms with Crippen molar-refractivity contribution in [3.05, 3.63) is 34.1 Å². The lowest BCUT2D eigenvalue weighted by Gasteiger charge is -2.17. The van der Waals surface area contributed by atoms with Crippen molar-refractivity contribution in [2.24, 2.45) is 0 Å². The Kier molecular flexibility index (Phi) is 4.44. The standard InChI is InChI=1S/C11H10BrFN2O/c1-2-15(6-5-14)11(16)8-3-4-9(12)10(13)7-8/h3-4,7H,2,6H2,1H3. The molecule has 84 valence electrons. The van der Waals surface area contributed by atoms with E-state index in [2.05, 4.69) is 15.9 Å². The predicted molar refractivity (Wildman–Crippen MR) is 61.3 cm³/mol. The number of carbonyl (C=O) groups is 1. The van der Waals surface area contributed by atoms with Gasteiger partial charge in [0.15, 0.2) is 0 Å². The first kappa shape index (κ1) is 12.7. The van der Waals surface area contributed by atoms with Crippen molar-refractivity contribution in [1.82, 2.24) is 4.90 Å². The molecule has 0 unspecified atom stereocenters. The minimum Gasteiger partial charge on any atom is -0.326 e. The van der Waals surface area contributed by atoms with Crippen LogP contribution in [0.15, 0.2) is 22.7 Å². The highest BCUT2D eigenvalue weighted by Crippen LogP contribution is 2.17. The van der Waals surface area contributed by atoms with Crippen LogP contribution >= 0.6 is 15.9 Å². The average Bonchev–Trinajstić information content (AvgIpc) is 2.28. The molecule has 0 bridgehead atoms. The normalized spacial score (nSPS) is 9.62. The van der Waals surface area contributed by atoms with Gasteiger partial charge in [0.25, 0.3) is 5.91 Å². The molecule has 1 aromatic rings. The lowest BCUT2D eigenvalue weighted by atomic mass is 10.2. The Hall–Kier alpha value is -1.41. The molecule has 0 aromatic heterocycles. The summed E-state index contributed by atoms with van der Waals surface area (Å²) in [5.41, 5.74) is 0.248. The molecule has 1 rings (SSSR count). The zero-order valence-electron chi connectivity index (χ0n) is 8.70. The van der Waals surface area contributed by atoms with Crippen LogP contribution in [0.2, 0.25) is 0 Å². The molecular formula is C11H10BrFN2O. The Morgan fingerprint density at radius 3 is 2.81 bits per heavy atom. The minimum atomic E-state index is -0.487. The van der Waals surface area contributed by atoms with Crippen LogP contribution in [0.1, 0.15) is 17.3 Å². The summed E-state index contributed by atoms with van der Waals surface area (Å²) in [4.78, 5) is 13.2. The summed E-state index contributed by atoms with van der Waals surface area (Å²) in [5, 5.41) is 8.54. The molecule has 3 nitrogen and oxygen atoms in total. The fourth-order valence-electron chi connectivity index (χ4n) is 1.22.